The number of alkyl halides is 2. The first-order valence-corrected chi connectivity index (χ1v) is 5.09. The maximum atomic E-state index is 5.58. The van der Waals surface area contributed by atoms with Gasteiger partial charge in [-0.1, -0.05) is 30.1 Å². The molecule has 1 heterocycles. The van der Waals surface area contributed by atoms with Crippen LogP contribution in [-0.4, -0.2) is 23.3 Å². The first kappa shape index (κ1) is 10.6. The third kappa shape index (κ3) is 2.77. The van der Waals surface area contributed by atoms with Gasteiger partial charge < -0.3 is 9.47 Å². The predicted molar refractivity (Wildman–Crippen MR) is 49.6 cm³/mol. The standard InChI is InChI=1S/C8H14Cl2O2/c1-3-6-7(12-8(9)10)4-5(2)11-6/h5-8H,3-4H2,1-2H3/t5-,6+,7?/m0/s1. The van der Waals surface area contributed by atoms with E-state index >= 15 is 0 Å². The predicted octanol–water partition coefficient (Wildman–Crippen LogP) is 2.72. The van der Waals surface area contributed by atoms with Gasteiger partial charge in [-0.25, -0.2) is 0 Å². The van der Waals surface area contributed by atoms with Crippen molar-refractivity contribution in [1.29, 1.82) is 0 Å². The highest BCUT2D eigenvalue weighted by atomic mass is 35.5. The van der Waals surface area contributed by atoms with E-state index in [1.54, 1.807) is 0 Å². The Kier molecular flexibility index (Phi) is 4.11. The molecule has 0 bridgehead atoms. The fourth-order valence-corrected chi connectivity index (χ4v) is 1.82. The van der Waals surface area contributed by atoms with E-state index < -0.39 is 5.02 Å². The molecule has 1 fully saturated rings. The van der Waals surface area contributed by atoms with Crippen LogP contribution in [0.2, 0.25) is 0 Å². The van der Waals surface area contributed by atoms with Crippen molar-refractivity contribution in [3.8, 4) is 0 Å². The molecule has 0 N–H and O–H groups in total. The second-order valence-corrected chi connectivity index (χ2v) is 4.08. The fourth-order valence-electron chi connectivity index (χ4n) is 1.55. The Labute approximate surface area is 83.1 Å². The third-order valence-electron chi connectivity index (χ3n) is 2.07. The van der Waals surface area contributed by atoms with Crippen LogP contribution in [-0.2, 0) is 9.47 Å². The van der Waals surface area contributed by atoms with Crippen molar-refractivity contribution in [2.24, 2.45) is 0 Å². The van der Waals surface area contributed by atoms with Crippen LogP contribution in [0, 0.1) is 0 Å². The zero-order chi connectivity index (χ0) is 9.14. The van der Waals surface area contributed by atoms with Gasteiger partial charge in [0.25, 0.3) is 0 Å². The highest BCUT2D eigenvalue weighted by molar-refractivity contribution is 6.43. The minimum Gasteiger partial charge on any atom is -0.372 e. The first-order valence-electron chi connectivity index (χ1n) is 4.22. The van der Waals surface area contributed by atoms with Gasteiger partial charge in [0, 0.05) is 6.42 Å². The Balaban J connectivity index is 2.40. The zero-order valence-corrected chi connectivity index (χ0v) is 8.81. The van der Waals surface area contributed by atoms with Crippen molar-refractivity contribution in [3.63, 3.8) is 0 Å². The molecular weight excluding hydrogens is 199 g/mol. The minimum atomic E-state index is -0.738. The monoisotopic (exact) mass is 212 g/mol. The summed E-state index contributed by atoms with van der Waals surface area (Å²) in [5, 5.41) is -0.738. The molecule has 1 aliphatic heterocycles. The van der Waals surface area contributed by atoms with Crippen LogP contribution in [0.3, 0.4) is 0 Å². The zero-order valence-electron chi connectivity index (χ0n) is 7.30. The summed E-state index contributed by atoms with van der Waals surface area (Å²) in [7, 11) is 0. The SMILES string of the molecule is CC[C@H]1O[C@@H](C)CC1OC(Cl)Cl. The summed E-state index contributed by atoms with van der Waals surface area (Å²) in [5.41, 5.74) is 0. The largest absolute Gasteiger partial charge is 0.372 e. The van der Waals surface area contributed by atoms with Crippen LogP contribution in [0.4, 0.5) is 0 Å². The maximum Gasteiger partial charge on any atom is 0.206 e. The van der Waals surface area contributed by atoms with Gasteiger partial charge in [-0.3, -0.25) is 0 Å². The van der Waals surface area contributed by atoms with Gasteiger partial charge in [-0.15, -0.1) is 0 Å². The highest BCUT2D eigenvalue weighted by Crippen LogP contribution is 2.27. The molecule has 0 aromatic heterocycles. The van der Waals surface area contributed by atoms with E-state index in [0.717, 1.165) is 12.8 Å². The van der Waals surface area contributed by atoms with Crippen molar-refractivity contribution >= 4 is 23.2 Å². The lowest BCUT2D eigenvalue weighted by atomic mass is 10.1. The van der Waals surface area contributed by atoms with Gasteiger partial charge in [0.15, 0.2) is 0 Å². The normalized spacial score (nSPS) is 36.2. The van der Waals surface area contributed by atoms with Gasteiger partial charge >= 0.3 is 0 Å². The smallest absolute Gasteiger partial charge is 0.206 e. The Morgan fingerprint density at radius 2 is 2.25 bits per heavy atom. The van der Waals surface area contributed by atoms with Crippen LogP contribution < -0.4 is 0 Å². The Morgan fingerprint density at radius 3 is 2.75 bits per heavy atom. The first-order chi connectivity index (χ1) is 5.63. The van der Waals surface area contributed by atoms with Crippen LogP contribution in [0.1, 0.15) is 26.7 Å². The van der Waals surface area contributed by atoms with Crippen molar-refractivity contribution in [3.05, 3.63) is 0 Å². The lowest BCUT2D eigenvalue weighted by Gasteiger charge is -2.17. The van der Waals surface area contributed by atoms with E-state index in [2.05, 4.69) is 6.92 Å². The van der Waals surface area contributed by atoms with E-state index in [4.69, 9.17) is 32.7 Å². The molecule has 3 atom stereocenters. The summed E-state index contributed by atoms with van der Waals surface area (Å²) in [6.45, 7) is 4.10. The molecule has 0 radical (unpaired) electrons. The summed E-state index contributed by atoms with van der Waals surface area (Å²) < 4.78 is 10.9. The van der Waals surface area contributed by atoms with E-state index in [1.807, 2.05) is 6.92 Å². The molecule has 72 valence electrons. The molecule has 4 heteroatoms. The number of ether oxygens (including phenoxy) is 2. The average molecular weight is 213 g/mol. The molecule has 0 aliphatic carbocycles. The van der Waals surface area contributed by atoms with Gasteiger partial charge in [-0.05, 0) is 13.3 Å². The maximum absolute atomic E-state index is 5.58. The summed E-state index contributed by atoms with van der Waals surface area (Å²) >= 11 is 11.0. The van der Waals surface area contributed by atoms with E-state index in [1.165, 1.54) is 0 Å². The summed E-state index contributed by atoms with van der Waals surface area (Å²) in [6, 6.07) is 0. The molecule has 0 aromatic carbocycles. The second kappa shape index (κ2) is 4.66. The van der Waals surface area contributed by atoms with E-state index in [-0.39, 0.29) is 18.3 Å². The summed E-state index contributed by atoms with van der Waals surface area (Å²) in [5.74, 6) is 0. The fraction of sp³-hybridized carbons (Fsp3) is 1.00. The average Bonchev–Trinajstić information content (AvgIpc) is 2.29. The van der Waals surface area contributed by atoms with E-state index in [0.29, 0.717) is 0 Å². The summed E-state index contributed by atoms with van der Waals surface area (Å²) in [6.07, 6.45) is 2.29. The quantitative estimate of drug-likeness (QED) is 0.671. The van der Waals surface area contributed by atoms with Crippen molar-refractivity contribution in [2.45, 2.75) is 50.0 Å². The molecule has 0 saturated carbocycles. The van der Waals surface area contributed by atoms with Crippen molar-refractivity contribution in [1.82, 2.24) is 0 Å². The van der Waals surface area contributed by atoms with Crippen LogP contribution >= 0.6 is 23.2 Å². The molecule has 0 spiro atoms. The van der Waals surface area contributed by atoms with Gasteiger partial charge in [0.2, 0.25) is 5.02 Å². The van der Waals surface area contributed by atoms with Crippen LogP contribution in [0.25, 0.3) is 0 Å². The van der Waals surface area contributed by atoms with E-state index in [9.17, 15) is 0 Å². The topological polar surface area (TPSA) is 18.5 Å². The van der Waals surface area contributed by atoms with Gasteiger partial charge in [-0.2, -0.15) is 0 Å². The lowest BCUT2D eigenvalue weighted by molar-refractivity contribution is -0.0154. The molecule has 0 aromatic rings. The minimum absolute atomic E-state index is 0.0602. The Morgan fingerprint density at radius 1 is 1.58 bits per heavy atom. The molecule has 12 heavy (non-hydrogen) atoms. The number of rotatable bonds is 3. The molecular formula is C8H14Cl2O2. The molecule has 1 saturated heterocycles. The molecule has 0 amide bonds. The Hall–Kier alpha value is 0.500. The third-order valence-corrected chi connectivity index (χ3v) is 2.27. The molecule has 1 rings (SSSR count). The molecule has 1 aliphatic rings. The second-order valence-electron chi connectivity index (χ2n) is 3.06. The van der Waals surface area contributed by atoms with Gasteiger partial charge in [0.05, 0.1) is 18.3 Å². The Bertz CT molecular complexity index is 141. The van der Waals surface area contributed by atoms with Crippen LogP contribution in [0.5, 0.6) is 0 Å². The van der Waals surface area contributed by atoms with Crippen LogP contribution in [0.15, 0.2) is 0 Å². The van der Waals surface area contributed by atoms with Crippen molar-refractivity contribution < 1.29 is 9.47 Å². The number of hydrogen-bond acceptors (Lipinski definition) is 2. The number of halogens is 2. The molecule has 1 unspecified atom stereocenters. The highest BCUT2D eigenvalue weighted by Gasteiger charge is 2.33. The number of hydrogen-bond donors (Lipinski definition) is 0. The summed E-state index contributed by atoms with van der Waals surface area (Å²) in [4.78, 5) is 0. The lowest BCUT2D eigenvalue weighted by Crippen LogP contribution is -2.25. The van der Waals surface area contributed by atoms with Gasteiger partial charge in [0.1, 0.15) is 0 Å². The van der Waals surface area contributed by atoms with Crippen molar-refractivity contribution in [2.75, 3.05) is 0 Å². The molecule has 2 nitrogen and oxygen atoms in total.